The zero-order valence-electron chi connectivity index (χ0n) is 19.2. The Balaban J connectivity index is 1.77. The fraction of sp³-hybridized carbons (Fsp3) is 0.640. The third-order valence-electron chi connectivity index (χ3n) is 8.61. The first-order valence-corrected chi connectivity index (χ1v) is 11.4. The first-order valence-electron chi connectivity index (χ1n) is 11.4. The Hall–Kier alpha value is -2.32. The number of fused-ring (bicyclic) bond motifs is 5. The number of rotatable bonds is 4. The van der Waals surface area contributed by atoms with E-state index in [9.17, 15) is 36.3 Å². The molecule has 3 unspecified atom stereocenters. The zero-order chi connectivity index (χ0) is 25.3. The number of allylic oxidation sites excluding steroid dienone is 6. The number of ketones is 2. The predicted octanol–water partition coefficient (Wildman–Crippen LogP) is 5.39. The quantitative estimate of drug-likeness (QED) is 0.304. The fourth-order valence-electron chi connectivity index (χ4n) is 7.00. The van der Waals surface area contributed by atoms with Crippen LogP contribution in [-0.2, 0) is 19.1 Å². The van der Waals surface area contributed by atoms with Crippen molar-refractivity contribution >= 4 is 17.5 Å². The number of carbonyl (C=O) groups is 3. The topological polar surface area (TPSA) is 60.4 Å². The molecular formula is C25H27F5O4. The van der Waals surface area contributed by atoms with Gasteiger partial charge in [0, 0.05) is 24.2 Å². The van der Waals surface area contributed by atoms with Gasteiger partial charge < -0.3 is 4.74 Å². The second-order valence-corrected chi connectivity index (χ2v) is 10.4. The van der Waals surface area contributed by atoms with Gasteiger partial charge in [-0.1, -0.05) is 30.2 Å². The summed E-state index contributed by atoms with van der Waals surface area (Å²) < 4.78 is 74.8. The van der Waals surface area contributed by atoms with Gasteiger partial charge in [0.1, 0.15) is 6.61 Å². The van der Waals surface area contributed by atoms with Crippen LogP contribution < -0.4 is 0 Å². The maximum absolute atomic E-state index is 14.8. The minimum atomic E-state index is -5.81. The van der Waals surface area contributed by atoms with Gasteiger partial charge in [-0.15, -0.1) is 0 Å². The molecule has 0 bridgehead atoms. The van der Waals surface area contributed by atoms with Crippen LogP contribution in [0.4, 0.5) is 22.0 Å². The molecule has 0 aliphatic heterocycles. The first-order chi connectivity index (χ1) is 15.6. The molecule has 34 heavy (non-hydrogen) atoms. The molecule has 6 atom stereocenters. The average Bonchev–Trinajstić information content (AvgIpc) is 3.05. The van der Waals surface area contributed by atoms with E-state index in [0.29, 0.717) is 12.8 Å². The molecule has 4 nitrogen and oxygen atoms in total. The fourth-order valence-corrected chi connectivity index (χ4v) is 7.00. The minimum absolute atomic E-state index is 0.131. The molecule has 0 saturated heterocycles. The van der Waals surface area contributed by atoms with Crippen LogP contribution in [0.5, 0.6) is 0 Å². The highest BCUT2D eigenvalue weighted by molar-refractivity contribution is 6.01. The van der Waals surface area contributed by atoms with E-state index in [2.05, 4.69) is 0 Å². The van der Waals surface area contributed by atoms with Crippen LogP contribution in [0.15, 0.2) is 35.5 Å². The Morgan fingerprint density at radius 1 is 1.18 bits per heavy atom. The van der Waals surface area contributed by atoms with Crippen molar-refractivity contribution in [2.24, 2.45) is 34.5 Å². The van der Waals surface area contributed by atoms with Crippen LogP contribution in [-0.4, -0.2) is 36.2 Å². The molecule has 9 heteroatoms. The number of ether oxygens (including phenoxy) is 1. The summed E-state index contributed by atoms with van der Waals surface area (Å²) in [7, 11) is 0. The van der Waals surface area contributed by atoms with Crippen molar-refractivity contribution in [2.75, 3.05) is 6.61 Å². The summed E-state index contributed by atoms with van der Waals surface area (Å²) in [5.41, 5.74) is 0.0819. The molecule has 4 rings (SSSR count). The Morgan fingerprint density at radius 3 is 2.47 bits per heavy atom. The van der Waals surface area contributed by atoms with Crippen LogP contribution in [0.25, 0.3) is 0 Å². The zero-order valence-corrected chi connectivity index (χ0v) is 19.2. The smallest absolute Gasteiger partial charge is 0.453 e. The van der Waals surface area contributed by atoms with Gasteiger partial charge in [0.05, 0.1) is 0 Å². The number of hydrogen-bond acceptors (Lipinski definition) is 4. The number of Topliss-reactive ketones (excluding diaryl/α,β-unsaturated/α-hetero) is 1. The molecule has 0 spiro atoms. The van der Waals surface area contributed by atoms with Gasteiger partial charge in [-0.05, 0) is 62.0 Å². The molecule has 0 aromatic carbocycles. The lowest BCUT2D eigenvalue weighted by molar-refractivity contribution is -0.306. The Kier molecular flexibility index (Phi) is 5.72. The van der Waals surface area contributed by atoms with Crippen LogP contribution in [0, 0.1) is 34.5 Å². The Labute approximate surface area is 194 Å². The van der Waals surface area contributed by atoms with Crippen LogP contribution >= 0.6 is 0 Å². The molecule has 0 aromatic rings. The summed E-state index contributed by atoms with van der Waals surface area (Å²) >= 11 is 0. The Bertz CT molecular complexity index is 1020. The van der Waals surface area contributed by atoms with Crippen molar-refractivity contribution in [3.05, 3.63) is 35.5 Å². The summed E-state index contributed by atoms with van der Waals surface area (Å²) in [6.07, 6.45) is 1.59. The van der Waals surface area contributed by atoms with E-state index < -0.39 is 65.5 Å². The van der Waals surface area contributed by atoms with E-state index in [0.717, 1.165) is 18.1 Å². The highest BCUT2D eigenvalue weighted by atomic mass is 19.4. The molecular weight excluding hydrogens is 459 g/mol. The van der Waals surface area contributed by atoms with Crippen LogP contribution in [0.2, 0.25) is 0 Å². The largest absolute Gasteiger partial charge is 0.458 e. The van der Waals surface area contributed by atoms with Gasteiger partial charge in [0.25, 0.3) is 0 Å². The van der Waals surface area contributed by atoms with Crippen molar-refractivity contribution in [1.29, 1.82) is 0 Å². The highest BCUT2D eigenvalue weighted by Gasteiger charge is 2.72. The van der Waals surface area contributed by atoms with E-state index >= 15 is 0 Å². The first kappa shape index (κ1) is 24.8. The molecule has 0 aromatic heterocycles. The van der Waals surface area contributed by atoms with Gasteiger partial charge in [0.15, 0.2) is 11.6 Å². The van der Waals surface area contributed by atoms with E-state index in [-0.39, 0.29) is 18.1 Å². The van der Waals surface area contributed by atoms with Gasteiger partial charge in [-0.3, -0.25) is 14.4 Å². The molecule has 2 fully saturated rings. The standard InChI is InChI=1S/C25H27F5O4/c1-13(31)34-12-20(33)21-19(24(26,27)25(28,29)30)11-18-16-5-4-14-10-15(32)6-8-22(14,2)17(16)7-9-23(18,21)3/h6-8,10,16,18-19,21H,4-5,9,11-12H2,1-3H3/t16?,18?,19-,21?,22+,23+/m1/s1. The SMILES string of the molecule is CC(=O)OCC(=O)C1[C@H](C(F)(F)C(F)(F)F)CC2C3CCC4=CC(=O)C=C[C@]4(C)C3=CC[C@@]21C. The lowest BCUT2D eigenvalue weighted by atomic mass is 9.52. The normalized spacial score (nSPS) is 37.2. The molecule has 4 aliphatic rings. The lowest BCUT2D eigenvalue weighted by Crippen LogP contribution is -2.50. The van der Waals surface area contributed by atoms with Crippen molar-refractivity contribution in [3.63, 3.8) is 0 Å². The van der Waals surface area contributed by atoms with E-state index in [4.69, 9.17) is 4.74 Å². The second kappa shape index (κ2) is 7.85. The summed E-state index contributed by atoms with van der Waals surface area (Å²) in [6, 6.07) is 0. The van der Waals surface area contributed by atoms with Crippen molar-refractivity contribution in [3.8, 4) is 0 Å². The van der Waals surface area contributed by atoms with Gasteiger partial charge in [-0.25, -0.2) is 0 Å². The van der Waals surface area contributed by atoms with Crippen LogP contribution in [0.1, 0.15) is 46.5 Å². The molecule has 0 amide bonds. The summed E-state index contributed by atoms with van der Waals surface area (Å²) in [6.45, 7) is 3.76. The van der Waals surface area contributed by atoms with E-state index in [1.165, 1.54) is 6.08 Å². The maximum atomic E-state index is 14.8. The molecule has 0 heterocycles. The highest BCUT2D eigenvalue weighted by Crippen LogP contribution is 2.68. The maximum Gasteiger partial charge on any atom is 0.453 e. The summed E-state index contributed by atoms with van der Waals surface area (Å²) in [4.78, 5) is 36.1. The second-order valence-electron chi connectivity index (χ2n) is 10.4. The van der Waals surface area contributed by atoms with Gasteiger partial charge >= 0.3 is 18.1 Å². The third kappa shape index (κ3) is 3.57. The van der Waals surface area contributed by atoms with Crippen molar-refractivity contribution in [1.82, 2.24) is 0 Å². The molecule has 0 radical (unpaired) electrons. The van der Waals surface area contributed by atoms with E-state index in [1.807, 2.05) is 13.0 Å². The molecule has 2 saturated carbocycles. The van der Waals surface area contributed by atoms with E-state index in [1.54, 1.807) is 19.1 Å². The summed E-state index contributed by atoms with van der Waals surface area (Å²) in [5, 5.41) is 0. The monoisotopic (exact) mass is 486 g/mol. The Morgan fingerprint density at radius 2 is 1.85 bits per heavy atom. The lowest BCUT2D eigenvalue weighted by Gasteiger charge is -2.52. The number of carbonyl (C=O) groups excluding carboxylic acids is 3. The molecule has 0 N–H and O–H groups in total. The number of halogens is 5. The van der Waals surface area contributed by atoms with Gasteiger partial charge in [0.2, 0.25) is 0 Å². The van der Waals surface area contributed by atoms with Gasteiger partial charge in [-0.2, -0.15) is 22.0 Å². The van der Waals surface area contributed by atoms with Crippen molar-refractivity contribution < 1.29 is 41.1 Å². The predicted molar refractivity (Wildman–Crippen MR) is 112 cm³/mol. The minimum Gasteiger partial charge on any atom is -0.458 e. The number of alkyl halides is 5. The number of esters is 1. The average molecular weight is 486 g/mol. The number of hydrogen-bond donors (Lipinski definition) is 0. The molecule has 186 valence electrons. The summed E-state index contributed by atoms with van der Waals surface area (Å²) in [5.74, 6) is -11.6. The van der Waals surface area contributed by atoms with Crippen molar-refractivity contribution in [2.45, 2.75) is 58.6 Å². The van der Waals surface area contributed by atoms with Crippen LogP contribution in [0.3, 0.4) is 0 Å². The third-order valence-corrected chi connectivity index (χ3v) is 8.61. The molecule has 4 aliphatic carbocycles.